The number of amides is 1. The smallest absolute Gasteiger partial charge is 0.251 e. The van der Waals surface area contributed by atoms with E-state index in [1.165, 1.54) is 46.8 Å². The highest BCUT2D eigenvalue weighted by Crippen LogP contribution is 2.25. The fourth-order valence-electron chi connectivity index (χ4n) is 3.83. The van der Waals surface area contributed by atoms with Crippen molar-refractivity contribution in [1.29, 1.82) is 0 Å². The van der Waals surface area contributed by atoms with Gasteiger partial charge < -0.3 is 4.57 Å². The second-order valence-electron chi connectivity index (χ2n) is 8.01. The first kappa shape index (κ1) is 23.3. The van der Waals surface area contributed by atoms with E-state index in [-0.39, 0.29) is 35.6 Å². The molecule has 1 amide bonds. The highest BCUT2D eigenvalue weighted by molar-refractivity contribution is 7.89. The molecule has 0 radical (unpaired) electrons. The Morgan fingerprint density at radius 3 is 2.33 bits per heavy atom. The maximum atomic E-state index is 13.0. The van der Waals surface area contributed by atoms with E-state index in [1.807, 2.05) is 46.5 Å². The number of hydrogen-bond donors (Lipinski definition) is 0. The second-order valence-corrected chi connectivity index (χ2v) is 10.8. The van der Waals surface area contributed by atoms with Crippen LogP contribution in [0.2, 0.25) is 0 Å². The summed E-state index contributed by atoms with van der Waals surface area (Å²) in [6.45, 7) is 2.60. The lowest BCUT2D eigenvalue weighted by Gasteiger charge is -2.29. The second kappa shape index (κ2) is 9.94. The van der Waals surface area contributed by atoms with Crippen molar-refractivity contribution in [3.63, 3.8) is 0 Å². The van der Waals surface area contributed by atoms with Gasteiger partial charge in [-0.15, -0.1) is 11.3 Å². The van der Waals surface area contributed by atoms with Gasteiger partial charge in [0.05, 0.1) is 4.90 Å². The van der Waals surface area contributed by atoms with Crippen molar-refractivity contribution in [2.24, 2.45) is 10.9 Å². The molecule has 2 heterocycles. The van der Waals surface area contributed by atoms with Gasteiger partial charge in [0.2, 0.25) is 10.0 Å². The molecule has 4 rings (SSSR count). The molecule has 172 valence electrons. The molecule has 0 saturated carbocycles. The van der Waals surface area contributed by atoms with Gasteiger partial charge in [0.15, 0.2) is 10.6 Å². The number of sulfonamides is 1. The summed E-state index contributed by atoms with van der Waals surface area (Å²) in [6, 6.07) is 15.9. The normalized spacial score (nSPS) is 16.1. The highest BCUT2D eigenvalue weighted by atomic mass is 32.2. The number of carbonyl (C=O) groups is 2. The first-order chi connectivity index (χ1) is 15.8. The summed E-state index contributed by atoms with van der Waals surface area (Å²) < 4.78 is 29.3. The Labute approximate surface area is 197 Å². The zero-order chi connectivity index (χ0) is 23.4. The van der Waals surface area contributed by atoms with E-state index in [2.05, 4.69) is 4.99 Å². The molecule has 0 bridgehead atoms. The number of hydrogen-bond acceptors (Lipinski definition) is 5. The predicted molar refractivity (Wildman–Crippen MR) is 126 cm³/mol. The molecule has 0 atom stereocenters. The Morgan fingerprint density at radius 2 is 1.70 bits per heavy atom. The van der Waals surface area contributed by atoms with Gasteiger partial charge in [-0.05, 0) is 37.5 Å². The largest absolute Gasteiger partial charge is 0.319 e. The topological polar surface area (TPSA) is 88.8 Å². The molecule has 9 heteroatoms. The van der Waals surface area contributed by atoms with Gasteiger partial charge >= 0.3 is 0 Å². The summed E-state index contributed by atoms with van der Waals surface area (Å²) in [7, 11) is -3.67. The number of aromatic nitrogens is 1. The van der Waals surface area contributed by atoms with Crippen LogP contribution in [0.15, 0.2) is 76.1 Å². The predicted octanol–water partition coefficient (Wildman–Crippen LogP) is 3.33. The van der Waals surface area contributed by atoms with Crippen molar-refractivity contribution < 1.29 is 18.0 Å². The van der Waals surface area contributed by atoms with Gasteiger partial charge in [0.1, 0.15) is 0 Å². The molecule has 1 aliphatic heterocycles. The van der Waals surface area contributed by atoms with Crippen molar-refractivity contribution in [1.82, 2.24) is 8.87 Å². The van der Waals surface area contributed by atoms with E-state index in [9.17, 15) is 18.0 Å². The highest BCUT2D eigenvalue weighted by Gasteiger charge is 2.32. The van der Waals surface area contributed by atoms with Crippen LogP contribution in [-0.4, -0.2) is 42.1 Å². The van der Waals surface area contributed by atoms with Crippen molar-refractivity contribution in [2.75, 3.05) is 13.1 Å². The Kier molecular flexibility index (Phi) is 7.02. The maximum absolute atomic E-state index is 13.0. The number of rotatable bonds is 6. The van der Waals surface area contributed by atoms with Crippen LogP contribution in [0.4, 0.5) is 0 Å². The number of ketones is 1. The van der Waals surface area contributed by atoms with Crippen LogP contribution in [0.5, 0.6) is 0 Å². The van der Waals surface area contributed by atoms with E-state index >= 15 is 0 Å². The van der Waals surface area contributed by atoms with Gasteiger partial charge in [-0.25, -0.2) is 8.42 Å². The van der Waals surface area contributed by atoms with E-state index in [4.69, 9.17) is 0 Å². The molecule has 33 heavy (non-hydrogen) atoms. The third-order valence-electron chi connectivity index (χ3n) is 5.76. The number of nitrogens with zero attached hydrogens (tertiary/aromatic N) is 3. The lowest BCUT2D eigenvalue weighted by molar-refractivity contribution is -0.122. The number of Topliss-reactive ketones (excluding diaryl/α,β-unsaturated/α-hetero) is 1. The SMILES string of the molecule is CC(=O)c1ccc(S(=O)(=O)N2CCC(C(=O)N=c3sccn3Cc3ccccc3)CC2)cc1. The van der Waals surface area contributed by atoms with Crippen LogP contribution in [0.1, 0.15) is 35.7 Å². The maximum Gasteiger partial charge on any atom is 0.251 e. The Balaban J connectivity index is 1.41. The van der Waals surface area contributed by atoms with E-state index < -0.39 is 10.0 Å². The third kappa shape index (κ3) is 5.38. The summed E-state index contributed by atoms with van der Waals surface area (Å²) in [5.41, 5.74) is 1.59. The summed E-state index contributed by atoms with van der Waals surface area (Å²) >= 11 is 1.41. The number of thiazole rings is 1. The first-order valence-electron chi connectivity index (χ1n) is 10.7. The van der Waals surface area contributed by atoms with Crippen LogP contribution < -0.4 is 4.80 Å². The summed E-state index contributed by atoms with van der Waals surface area (Å²) in [4.78, 5) is 29.4. The standard InChI is InChI=1S/C24H25N3O4S2/c1-18(28)20-7-9-22(10-8-20)33(30,31)27-13-11-21(12-14-27)23(29)25-24-26(15-16-32-24)17-19-5-3-2-4-6-19/h2-10,15-16,21H,11-14,17H2,1H3. The monoisotopic (exact) mass is 483 g/mol. The van der Waals surface area contributed by atoms with Crippen LogP contribution in [0, 0.1) is 5.92 Å². The van der Waals surface area contributed by atoms with E-state index in [0.717, 1.165) is 5.56 Å². The molecule has 3 aromatic rings. The molecule has 0 N–H and O–H groups in total. The number of carbonyl (C=O) groups excluding carboxylic acids is 2. The van der Waals surface area contributed by atoms with Gasteiger partial charge in [0, 0.05) is 42.7 Å². The molecule has 0 spiro atoms. The lowest BCUT2D eigenvalue weighted by atomic mass is 9.98. The number of benzene rings is 2. The van der Waals surface area contributed by atoms with Gasteiger partial charge in [0.25, 0.3) is 5.91 Å². The summed E-state index contributed by atoms with van der Waals surface area (Å²) in [5, 5.41) is 1.90. The quantitative estimate of drug-likeness (QED) is 0.503. The zero-order valence-electron chi connectivity index (χ0n) is 18.3. The molecule has 2 aromatic carbocycles. The van der Waals surface area contributed by atoms with Crippen LogP contribution >= 0.6 is 11.3 Å². The molecule has 0 aliphatic carbocycles. The summed E-state index contributed by atoms with van der Waals surface area (Å²) in [6.07, 6.45) is 2.77. The van der Waals surface area contributed by atoms with Crippen molar-refractivity contribution in [2.45, 2.75) is 31.2 Å². The molecule has 7 nitrogen and oxygen atoms in total. The van der Waals surface area contributed by atoms with Gasteiger partial charge in [-0.1, -0.05) is 42.5 Å². The molecule has 1 fully saturated rings. The van der Waals surface area contributed by atoms with E-state index in [0.29, 0.717) is 29.8 Å². The lowest BCUT2D eigenvalue weighted by Crippen LogP contribution is -2.40. The molecule has 1 saturated heterocycles. The zero-order valence-corrected chi connectivity index (χ0v) is 19.9. The average molecular weight is 484 g/mol. The molecule has 1 aromatic heterocycles. The summed E-state index contributed by atoms with van der Waals surface area (Å²) in [5.74, 6) is -0.621. The van der Waals surface area contributed by atoms with E-state index in [1.54, 1.807) is 0 Å². The van der Waals surface area contributed by atoms with Crippen LogP contribution in [-0.2, 0) is 21.4 Å². The average Bonchev–Trinajstić information content (AvgIpc) is 3.26. The minimum atomic E-state index is -3.67. The Morgan fingerprint density at radius 1 is 1.03 bits per heavy atom. The molecule has 0 unspecified atom stereocenters. The van der Waals surface area contributed by atoms with Crippen molar-refractivity contribution >= 4 is 33.1 Å². The fraction of sp³-hybridized carbons (Fsp3) is 0.292. The van der Waals surface area contributed by atoms with Crippen molar-refractivity contribution in [3.8, 4) is 0 Å². The molecular formula is C24H25N3O4S2. The minimum absolute atomic E-state index is 0.113. The Bertz CT molecular complexity index is 1300. The van der Waals surface area contributed by atoms with Crippen LogP contribution in [0.25, 0.3) is 0 Å². The molecular weight excluding hydrogens is 458 g/mol. The Hall–Kier alpha value is -2.88. The first-order valence-corrected chi connectivity index (χ1v) is 13.0. The third-order valence-corrected chi connectivity index (χ3v) is 8.47. The molecule has 1 aliphatic rings. The van der Waals surface area contributed by atoms with Gasteiger partial charge in [-0.3, -0.25) is 9.59 Å². The van der Waals surface area contributed by atoms with Gasteiger partial charge in [-0.2, -0.15) is 9.30 Å². The fourth-order valence-corrected chi connectivity index (χ4v) is 6.03. The van der Waals surface area contributed by atoms with Crippen molar-refractivity contribution in [3.05, 3.63) is 82.1 Å². The van der Waals surface area contributed by atoms with Crippen LogP contribution in [0.3, 0.4) is 0 Å². The number of piperidine rings is 1. The minimum Gasteiger partial charge on any atom is -0.319 e.